The van der Waals surface area contributed by atoms with Gasteiger partial charge in [0.05, 0.1) is 11.3 Å². The van der Waals surface area contributed by atoms with E-state index < -0.39 is 29.3 Å². The van der Waals surface area contributed by atoms with Gasteiger partial charge in [0.25, 0.3) is 5.91 Å². The fourth-order valence-electron chi connectivity index (χ4n) is 3.86. The zero-order valence-corrected chi connectivity index (χ0v) is 18.8. The lowest BCUT2D eigenvalue weighted by Gasteiger charge is -2.23. The maximum Gasteiger partial charge on any atom is 0.451 e. The monoisotopic (exact) mass is 495 g/mol. The quantitative estimate of drug-likeness (QED) is 0.101. The first-order valence-corrected chi connectivity index (χ1v) is 10.8. The lowest BCUT2D eigenvalue weighted by Crippen LogP contribution is -2.40. The number of aryl methyl sites for hydroxylation is 1. The topological polar surface area (TPSA) is 104 Å². The van der Waals surface area contributed by atoms with Crippen molar-refractivity contribution in [2.75, 3.05) is 5.32 Å². The van der Waals surface area contributed by atoms with E-state index >= 15 is 0 Å². The Morgan fingerprint density at radius 2 is 2.00 bits per heavy atom. The van der Waals surface area contributed by atoms with Crippen molar-refractivity contribution in [1.82, 2.24) is 10.9 Å². The number of hydrogen-bond acceptors (Lipinski definition) is 5. The van der Waals surface area contributed by atoms with Gasteiger partial charge in [-0.2, -0.15) is 13.2 Å². The van der Waals surface area contributed by atoms with Crippen LogP contribution in [0.3, 0.4) is 0 Å². The molecule has 0 radical (unpaired) electrons. The summed E-state index contributed by atoms with van der Waals surface area (Å²) in [5, 5.41) is 13.0. The van der Waals surface area contributed by atoms with E-state index in [1.165, 1.54) is 25.1 Å². The maximum atomic E-state index is 13.7. The number of allylic oxidation sites excluding steroid dienone is 2. The summed E-state index contributed by atoms with van der Waals surface area (Å²) >= 11 is 0. The Morgan fingerprint density at radius 3 is 2.63 bits per heavy atom. The third-order valence-electron chi connectivity index (χ3n) is 5.50. The average Bonchev–Trinajstić information content (AvgIpc) is 3.17. The molecule has 1 aliphatic carbocycles. The molecule has 7 nitrogen and oxygen atoms in total. The molecule has 35 heavy (non-hydrogen) atoms. The van der Waals surface area contributed by atoms with Crippen LogP contribution in [0.2, 0.25) is 0 Å². The van der Waals surface area contributed by atoms with Crippen molar-refractivity contribution in [1.29, 1.82) is 0 Å². The summed E-state index contributed by atoms with van der Waals surface area (Å²) < 4.78 is 58.3. The first-order chi connectivity index (χ1) is 16.6. The number of aliphatic hydroxyl groups excluding tert-OH is 1. The molecule has 1 heterocycles. The first-order valence-electron chi connectivity index (χ1n) is 10.8. The maximum absolute atomic E-state index is 13.7. The minimum Gasteiger partial charge on any atom is -0.512 e. The molecule has 3 rings (SSSR count). The van der Waals surface area contributed by atoms with Crippen LogP contribution in [0.4, 0.5) is 23.2 Å². The number of furan rings is 1. The van der Waals surface area contributed by atoms with Crippen LogP contribution in [0.5, 0.6) is 0 Å². The van der Waals surface area contributed by atoms with Crippen LogP contribution in [0.15, 0.2) is 58.2 Å². The van der Waals surface area contributed by atoms with E-state index in [1.54, 1.807) is 6.07 Å². The van der Waals surface area contributed by atoms with Gasteiger partial charge in [0.15, 0.2) is 0 Å². The number of alkyl halides is 3. The molecule has 2 atom stereocenters. The van der Waals surface area contributed by atoms with E-state index in [2.05, 4.69) is 16.2 Å². The van der Waals surface area contributed by atoms with E-state index in [4.69, 9.17) is 4.42 Å². The molecule has 0 fully saturated rings. The van der Waals surface area contributed by atoms with Gasteiger partial charge in [0, 0.05) is 24.9 Å². The van der Waals surface area contributed by atoms with Crippen LogP contribution in [0, 0.1) is 18.7 Å². The Morgan fingerprint density at radius 1 is 1.23 bits per heavy atom. The Labute approximate surface area is 198 Å². The minimum atomic E-state index is -4.83. The van der Waals surface area contributed by atoms with Crippen molar-refractivity contribution in [3.8, 4) is 0 Å². The number of hydrogen-bond donors (Lipinski definition) is 4. The number of hydrazine groups is 1. The molecule has 188 valence electrons. The Kier molecular flexibility index (Phi) is 8.34. The lowest BCUT2D eigenvalue weighted by atomic mass is 9.88. The van der Waals surface area contributed by atoms with E-state index in [9.17, 15) is 32.3 Å². The molecule has 1 aliphatic rings. The highest BCUT2D eigenvalue weighted by Gasteiger charge is 2.39. The Balaban J connectivity index is 1.85. The number of amides is 2. The zero-order valence-electron chi connectivity index (χ0n) is 18.8. The SMILES string of the molecule is Cc1cc(NC(=O)/C(Cc2cccc(F)c2)=C(\O)CC2C=CC(NNC=O)CC2)c(C(F)(F)F)o1. The zero-order chi connectivity index (χ0) is 25.6. The van der Waals surface area contributed by atoms with E-state index in [1.807, 2.05) is 12.2 Å². The molecule has 1 aromatic heterocycles. The second-order valence-corrected chi connectivity index (χ2v) is 8.22. The highest BCUT2D eigenvalue weighted by molar-refractivity contribution is 6.04. The van der Waals surface area contributed by atoms with Crippen molar-refractivity contribution in [3.05, 3.63) is 76.7 Å². The first kappa shape index (κ1) is 26.0. The van der Waals surface area contributed by atoms with Gasteiger partial charge >= 0.3 is 6.18 Å². The van der Waals surface area contributed by atoms with Gasteiger partial charge in [-0.3, -0.25) is 15.0 Å². The third kappa shape index (κ3) is 7.19. The number of carbonyl (C=O) groups is 2. The van der Waals surface area contributed by atoms with E-state index in [0.29, 0.717) is 24.8 Å². The molecule has 0 spiro atoms. The molecule has 4 N–H and O–H groups in total. The number of halogens is 4. The van der Waals surface area contributed by atoms with E-state index in [-0.39, 0.29) is 41.9 Å². The fraction of sp³-hybridized carbons (Fsp3) is 0.333. The molecule has 0 bridgehead atoms. The molecule has 1 aromatic carbocycles. The highest BCUT2D eigenvalue weighted by atomic mass is 19.4. The van der Waals surface area contributed by atoms with Crippen LogP contribution in [0.25, 0.3) is 0 Å². The predicted molar refractivity (Wildman–Crippen MR) is 119 cm³/mol. The number of anilines is 1. The van der Waals surface area contributed by atoms with Crippen LogP contribution in [-0.4, -0.2) is 23.5 Å². The number of benzene rings is 1. The molecule has 2 unspecified atom stereocenters. The largest absolute Gasteiger partial charge is 0.512 e. The molecular formula is C24H25F4N3O4. The molecule has 0 saturated carbocycles. The summed E-state index contributed by atoms with van der Waals surface area (Å²) in [4.78, 5) is 23.5. The third-order valence-corrected chi connectivity index (χ3v) is 5.50. The van der Waals surface area contributed by atoms with Gasteiger partial charge in [-0.15, -0.1) is 0 Å². The molecule has 2 aromatic rings. The number of rotatable bonds is 9. The number of aliphatic hydroxyl groups is 1. The van der Waals surface area contributed by atoms with Gasteiger partial charge in [-0.25, -0.2) is 9.82 Å². The van der Waals surface area contributed by atoms with Gasteiger partial charge in [0.2, 0.25) is 12.2 Å². The molecule has 0 saturated heterocycles. The second kappa shape index (κ2) is 11.2. The summed E-state index contributed by atoms with van der Waals surface area (Å²) in [6.07, 6.45) is 0.434. The normalized spacial score (nSPS) is 18.7. The van der Waals surface area contributed by atoms with Crippen LogP contribution in [0.1, 0.15) is 36.3 Å². The average molecular weight is 495 g/mol. The smallest absolute Gasteiger partial charge is 0.451 e. The van der Waals surface area contributed by atoms with E-state index in [0.717, 1.165) is 6.07 Å². The molecule has 2 amide bonds. The van der Waals surface area contributed by atoms with Crippen LogP contribution < -0.4 is 16.2 Å². The Bertz CT molecular complexity index is 1120. The van der Waals surface area contributed by atoms with Crippen molar-refractivity contribution >= 4 is 18.0 Å². The van der Waals surface area contributed by atoms with Crippen LogP contribution >= 0.6 is 0 Å². The molecule has 0 aliphatic heterocycles. The van der Waals surface area contributed by atoms with Gasteiger partial charge in [0.1, 0.15) is 17.3 Å². The second-order valence-electron chi connectivity index (χ2n) is 8.22. The van der Waals surface area contributed by atoms with Gasteiger partial charge in [-0.1, -0.05) is 24.3 Å². The molecule has 11 heteroatoms. The summed E-state index contributed by atoms with van der Waals surface area (Å²) in [6, 6.07) is 6.32. The lowest BCUT2D eigenvalue weighted by molar-refractivity contribution is -0.152. The minimum absolute atomic E-state index is 0.0490. The highest BCUT2D eigenvalue weighted by Crippen LogP contribution is 2.37. The summed E-state index contributed by atoms with van der Waals surface area (Å²) in [6.45, 7) is 1.31. The van der Waals surface area contributed by atoms with Crippen molar-refractivity contribution in [2.45, 2.75) is 44.8 Å². The van der Waals surface area contributed by atoms with Gasteiger partial charge in [-0.05, 0) is 43.4 Å². The van der Waals surface area contributed by atoms with Crippen molar-refractivity contribution < 1.29 is 36.7 Å². The number of carbonyl (C=O) groups excluding carboxylic acids is 2. The fourth-order valence-corrected chi connectivity index (χ4v) is 3.86. The summed E-state index contributed by atoms with van der Waals surface area (Å²) in [5.41, 5.74) is 4.77. The summed E-state index contributed by atoms with van der Waals surface area (Å²) in [5.74, 6) is -3.37. The summed E-state index contributed by atoms with van der Waals surface area (Å²) in [7, 11) is 0. The molecular weight excluding hydrogens is 470 g/mol. The standard InChI is InChI=1S/C24H25F4N3O4/c1-14-9-20(22(35-14)24(26,27)28)30-23(34)19(11-16-3-2-4-17(25)10-16)21(33)12-15-5-7-18(8-6-15)31-29-13-32/h2-5,7,9-10,13,15,18,31,33H,6,8,11-12H2,1H3,(H,29,32)(H,30,34)/b21-19-. The Hall–Kier alpha value is -3.60. The number of nitrogens with one attached hydrogen (secondary N) is 3. The van der Waals surface area contributed by atoms with Crippen LogP contribution in [-0.2, 0) is 22.2 Å². The van der Waals surface area contributed by atoms with Crippen molar-refractivity contribution in [2.24, 2.45) is 5.92 Å². The van der Waals surface area contributed by atoms with Crippen molar-refractivity contribution in [3.63, 3.8) is 0 Å². The van der Waals surface area contributed by atoms with Gasteiger partial charge < -0.3 is 14.8 Å². The predicted octanol–water partition coefficient (Wildman–Crippen LogP) is 4.71.